The van der Waals surface area contributed by atoms with Gasteiger partial charge in [-0.2, -0.15) is 0 Å². The van der Waals surface area contributed by atoms with Gasteiger partial charge < -0.3 is 0 Å². The third-order valence-corrected chi connectivity index (χ3v) is 12.7. The molecule has 1 aliphatic heterocycles. The first-order chi connectivity index (χ1) is 7.84. The monoisotopic (exact) mass is 431 g/mol. The maximum absolute atomic E-state index is 6.30. The summed E-state index contributed by atoms with van der Waals surface area (Å²) in [5.74, 6) is 0.670. The first-order valence-corrected chi connectivity index (χ1v) is 17.8. The van der Waals surface area contributed by atoms with Gasteiger partial charge in [-0.25, -0.2) is 0 Å². The second kappa shape index (κ2) is 4.55. The molecule has 0 saturated heterocycles. The fourth-order valence-electron chi connectivity index (χ4n) is 1.39. The standard InChI is InChI=1S/C9H10Cl3NO2STe/c1-14-6-3-4-8-7(5-6)13-9(16-2)15-17(8,10,11)12/h3-5,17H,1-2H3. The fourth-order valence-corrected chi connectivity index (χ4v) is 11.6. The predicted molar refractivity (Wildman–Crippen MR) is 79.0 cm³/mol. The molecule has 0 bridgehead atoms. The zero-order valence-corrected chi connectivity index (χ0v) is 14.6. The van der Waals surface area contributed by atoms with Crippen LogP contribution in [0.1, 0.15) is 0 Å². The molecule has 8 heteroatoms. The van der Waals surface area contributed by atoms with Crippen molar-refractivity contribution in [1.29, 1.82) is 0 Å². The van der Waals surface area contributed by atoms with Crippen molar-refractivity contribution < 1.29 is 7.84 Å². The molecule has 2 rings (SSSR count). The Kier molecular flexibility index (Phi) is 3.73. The summed E-state index contributed by atoms with van der Waals surface area (Å²) in [5.41, 5.74) is 0.613. The zero-order chi connectivity index (χ0) is 12.7. The number of ether oxygens (including phenoxy) is 1. The number of fused-ring (bicyclic) bond motifs is 1. The normalized spacial score (nSPS) is 22.4. The van der Waals surface area contributed by atoms with Crippen LogP contribution in [0.5, 0.6) is 5.75 Å². The van der Waals surface area contributed by atoms with E-state index in [1.807, 2.05) is 6.26 Å². The van der Waals surface area contributed by atoms with Gasteiger partial charge in [-0.1, -0.05) is 0 Å². The van der Waals surface area contributed by atoms with E-state index in [4.69, 9.17) is 34.7 Å². The number of aliphatic imine (C=N–C) groups is 1. The van der Waals surface area contributed by atoms with E-state index >= 15 is 0 Å². The molecule has 0 aliphatic carbocycles. The van der Waals surface area contributed by atoms with Crippen LogP contribution in [0.3, 0.4) is 0 Å². The number of thioether (sulfide) groups is 1. The summed E-state index contributed by atoms with van der Waals surface area (Å²) >= 11 is -3.43. The molecule has 96 valence electrons. The summed E-state index contributed by atoms with van der Waals surface area (Å²) < 4.78 is 11.2. The number of nitrogens with zero attached hydrogens (tertiary/aromatic N) is 1. The third-order valence-electron chi connectivity index (χ3n) is 2.17. The summed E-state index contributed by atoms with van der Waals surface area (Å²) in [6.07, 6.45) is 1.82. The van der Waals surface area contributed by atoms with E-state index < -0.39 is 13.9 Å². The molecule has 1 heterocycles. The van der Waals surface area contributed by atoms with Crippen LogP contribution in [-0.2, 0) is 3.10 Å². The molecule has 0 amide bonds. The Morgan fingerprint density at radius 2 is 2.06 bits per heavy atom. The molecule has 0 radical (unpaired) electrons. The molecule has 0 atom stereocenters. The van der Waals surface area contributed by atoms with E-state index in [9.17, 15) is 0 Å². The molecular formula is C9H10Cl3NO2STe. The number of hydrogen-bond acceptors (Lipinski definition) is 4. The summed E-state index contributed by atoms with van der Waals surface area (Å²) in [6.45, 7) is 0. The molecule has 0 fully saturated rings. The molecule has 1 aromatic rings. The number of benzene rings is 1. The van der Waals surface area contributed by atoms with Crippen LogP contribution >= 0.6 is 38.7 Å². The molecule has 0 N–H and O–H groups in total. The Bertz CT molecular complexity index is 501. The van der Waals surface area contributed by atoms with Crippen molar-refractivity contribution in [3.05, 3.63) is 18.2 Å². The first kappa shape index (κ1) is 13.9. The van der Waals surface area contributed by atoms with E-state index in [1.165, 1.54) is 11.8 Å². The van der Waals surface area contributed by atoms with Gasteiger partial charge >= 0.3 is 117 Å². The summed E-state index contributed by atoms with van der Waals surface area (Å²) in [7, 11) is 20.5. The van der Waals surface area contributed by atoms with Crippen LogP contribution in [0.15, 0.2) is 23.2 Å². The van der Waals surface area contributed by atoms with Crippen LogP contribution in [0.25, 0.3) is 0 Å². The van der Waals surface area contributed by atoms with Gasteiger partial charge in [-0.3, -0.25) is 0 Å². The van der Waals surface area contributed by atoms with Crippen molar-refractivity contribution in [2.24, 2.45) is 4.99 Å². The molecule has 1 aromatic carbocycles. The first-order valence-electron chi connectivity index (χ1n) is 4.53. The number of halogens is 3. The van der Waals surface area contributed by atoms with Crippen molar-refractivity contribution >= 4 is 67.0 Å². The quantitative estimate of drug-likeness (QED) is 0.642. The number of hydrogen-bond donors (Lipinski definition) is 0. The van der Waals surface area contributed by atoms with E-state index in [1.54, 1.807) is 25.3 Å². The SMILES string of the molecule is COc1ccc2c(c1)N=C(SC)O[TeH]2(Cl)(Cl)Cl. The van der Waals surface area contributed by atoms with E-state index in [0.717, 1.165) is 0 Å². The molecule has 3 nitrogen and oxygen atoms in total. The molecule has 0 unspecified atom stereocenters. The number of rotatable bonds is 1. The Balaban J connectivity index is 2.64. The maximum atomic E-state index is 6.30. The van der Waals surface area contributed by atoms with Crippen molar-refractivity contribution in [3.8, 4) is 5.75 Å². The van der Waals surface area contributed by atoms with Gasteiger partial charge in [0.05, 0.1) is 0 Å². The average molecular weight is 430 g/mol. The van der Waals surface area contributed by atoms with Crippen molar-refractivity contribution in [2.45, 2.75) is 0 Å². The predicted octanol–water partition coefficient (Wildman–Crippen LogP) is 3.12. The topological polar surface area (TPSA) is 30.8 Å². The van der Waals surface area contributed by atoms with Crippen LogP contribution in [0.2, 0.25) is 0 Å². The average Bonchev–Trinajstić information content (AvgIpc) is 2.26. The van der Waals surface area contributed by atoms with Crippen molar-refractivity contribution in [1.82, 2.24) is 0 Å². The Morgan fingerprint density at radius 1 is 1.35 bits per heavy atom. The zero-order valence-electron chi connectivity index (χ0n) is 8.99. The van der Waals surface area contributed by atoms with Gasteiger partial charge in [0.25, 0.3) is 0 Å². The number of methoxy groups -OCH3 is 1. The van der Waals surface area contributed by atoms with Gasteiger partial charge in [-0.15, -0.1) is 0 Å². The van der Waals surface area contributed by atoms with Crippen LogP contribution in [-0.4, -0.2) is 32.5 Å². The molecule has 17 heavy (non-hydrogen) atoms. The van der Waals surface area contributed by atoms with E-state index in [-0.39, 0.29) is 0 Å². The minimum atomic E-state index is -4.74. The summed E-state index contributed by atoms with van der Waals surface area (Å²) in [5, 5.41) is 0.382. The Hall–Kier alpha value is 0.500. The van der Waals surface area contributed by atoms with Crippen molar-refractivity contribution in [2.75, 3.05) is 13.4 Å². The molecule has 0 saturated carbocycles. The Morgan fingerprint density at radius 3 is 2.65 bits per heavy atom. The van der Waals surface area contributed by atoms with Crippen molar-refractivity contribution in [3.63, 3.8) is 0 Å². The van der Waals surface area contributed by atoms with E-state index in [2.05, 4.69) is 4.99 Å². The van der Waals surface area contributed by atoms with Gasteiger partial charge in [0.1, 0.15) is 0 Å². The summed E-state index contributed by atoms with van der Waals surface area (Å²) in [4.78, 5) is 4.29. The molecule has 0 aromatic heterocycles. The Labute approximate surface area is 116 Å². The molecular weight excluding hydrogens is 420 g/mol. The fraction of sp³-hybridized carbons (Fsp3) is 0.222. The van der Waals surface area contributed by atoms with E-state index in [0.29, 0.717) is 20.3 Å². The molecule has 1 aliphatic rings. The second-order valence-electron chi connectivity index (χ2n) is 3.27. The van der Waals surface area contributed by atoms with Gasteiger partial charge in [0.2, 0.25) is 0 Å². The third kappa shape index (κ3) is 2.75. The van der Waals surface area contributed by atoms with Gasteiger partial charge in [0, 0.05) is 0 Å². The van der Waals surface area contributed by atoms with Gasteiger partial charge in [-0.05, 0) is 0 Å². The minimum absolute atomic E-state index is 0.382. The van der Waals surface area contributed by atoms with Gasteiger partial charge in [0.15, 0.2) is 0 Å². The van der Waals surface area contributed by atoms with Crippen LogP contribution in [0.4, 0.5) is 5.69 Å². The molecule has 0 spiro atoms. The van der Waals surface area contributed by atoms with Crippen LogP contribution < -0.4 is 8.35 Å². The van der Waals surface area contributed by atoms with Crippen LogP contribution in [0, 0.1) is 0 Å². The second-order valence-corrected chi connectivity index (χ2v) is 26.6. The summed E-state index contributed by atoms with van der Waals surface area (Å²) in [6, 6.07) is 5.19.